The Morgan fingerprint density at radius 1 is 1.20 bits per heavy atom. The van der Waals surface area contributed by atoms with Crippen molar-refractivity contribution in [3.05, 3.63) is 64.1 Å². The Hall–Kier alpha value is -2.40. The van der Waals surface area contributed by atoms with Crippen LogP contribution in [0.25, 0.3) is 6.08 Å². The van der Waals surface area contributed by atoms with E-state index in [-0.39, 0.29) is 5.91 Å². The van der Waals surface area contributed by atoms with Gasteiger partial charge in [0, 0.05) is 10.0 Å². The maximum absolute atomic E-state index is 12.8. The average Bonchev–Trinajstić information content (AvgIpc) is 2.90. The molecule has 0 spiro atoms. The smallest absolute Gasteiger partial charge is 0.280 e. The SMILES string of the molecule is CCCOc1ccc(Br)cc1C=C1C(=O)N(c2ccccc2)N=C1C. The van der Waals surface area contributed by atoms with Gasteiger partial charge in [0.2, 0.25) is 0 Å². The van der Waals surface area contributed by atoms with Crippen molar-refractivity contribution in [3.8, 4) is 5.75 Å². The first-order valence-corrected chi connectivity index (χ1v) is 8.98. The van der Waals surface area contributed by atoms with Crippen molar-refractivity contribution in [2.75, 3.05) is 11.6 Å². The summed E-state index contributed by atoms with van der Waals surface area (Å²) in [6.07, 6.45) is 2.77. The zero-order valence-corrected chi connectivity index (χ0v) is 15.8. The molecular formula is C20H19BrN2O2. The minimum absolute atomic E-state index is 0.134. The monoisotopic (exact) mass is 398 g/mol. The van der Waals surface area contributed by atoms with E-state index >= 15 is 0 Å². The molecule has 128 valence electrons. The Kier molecular flexibility index (Phi) is 5.34. The van der Waals surface area contributed by atoms with Gasteiger partial charge in [0.25, 0.3) is 5.91 Å². The zero-order chi connectivity index (χ0) is 17.8. The number of nitrogens with zero attached hydrogens (tertiary/aromatic N) is 2. The number of hydrogen-bond acceptors (Lipinski definition) is 3. The average molecular weight is 399 g/mol. The van der Waals surface area contributed by atoms with Gasteiger partial charge in [0.05, 0.1) is 23.6 Å². The fourth-order valence-corrected chi connectivity index (χ4v) is 2.94. The minimum atomic E-state index is -0.134. The van der Waals surface area contributed by atoms with Gasteiger partial charge < -0.3 is 4.74 Å². The molecule has 0 saturated heterocycles. The lowest BCUT2D eigenvalue weighted by molar-refractivity contribution is -0.114. The van der Waals surface area contributed by atoms with E-state index in [1.807, 2.05) is 61.5 Å². The number of halogens is 1. The summed E-state index contributed by atoms with van der Waals surface area (Å²) >= 11 is 3.48. The minimum Gasteiger partial charge on any atom is -0.493 e. The summed E-state index contributed by atoms with van der Waals surface area (Å²) < 4.78 is 6.74. The molecule has 1 aliphatic rings. The van der Waals surface area contributed by atoms with Crippen LogP contribution in [0.4, 0.5) is 5.69 Å². The first-order chi connectivity index (χ1) is 12.1. The van der Waals surface area contributed by atoms with Crippen LogP contribution in [0.15, 0.2) is 63.7 Å². The number of para-hydroxylation sites is 1. The lowest BCUT2D eigenvalue weighted by Crippen LogP contribution is -2.21. The fraction of sp³-hybridized carbons (Fsp3) is 0.200. The molecule has 3 rings (SSSR count). The highest BCUT2D eigenvalue weighted by atomic mass is 79.9. The molecule has 0 bridgehead atoms. The van der Waals surface area contributed by atoms with Gasteiger partial charge in [-0.2, -0.15) is 10.1 Å². The Morgan fingerprint density at radius 3 is 2.68 bits per heavy atom. The molecule has 25 heavy (non-hydrogen) atoms. The van der Waals surface area contributed by atoms with Gasteiger partial charge in [-0.25, -0.2) is 0 Å². The normalized spacial score (nSPS) is 15.6. The second kappa shape index (κ2) is 7.66. The lowest BCUT2D eigenvalue weighted by atomic mass is 10.1. The second-order valence-corrected chi connectivity index (χ2v) is 6.64. The highest BCUT2D eigenvalue weighted by Crippen LogP contribution is 2.29. The molecule has 2 aromatic carbocycles. The molecule has 0 N–H and O–H groups in total. The molecule has 0 fully saturated rings. The molecule has 5 heteroatoms. The molecule has 0 unspecified atom stereocenters. The van der Waals surface area contributed by atoms with Crippen LogP contribution in [-0.4, -0.2) is 18.2 Å². The Labute approximate surface area is 155 Å². The maximum Gasteiger partial charge on any atom is 0.280 e. The summed E-state index contributed by atoms with van der Waals surface area (Å²) in [7, 11) is 0. The predicted molar refractivity (Wildman–Crippen MR) is 105 cm³/mol. The van der Waals surface area contributed by atoms with Crippen LogP contribution in [0, 0.1) is 0 Å². The van der Waals surface area contributed by atoms with Gasteiger partial charge in [-0.3, -0.25) is 4.79 Å². The van der Waals surface area contributed by atoms with Crippen molar-refractivity contribution in [2.24, 2.45) is 5.10 Å². The van der Waals surface area contributed by atoms with Crippen molar-refractivity contribution >= 4 is 39.3 Å². The number of hydrazone groups is 1. The first-order valence-electron chi connectivity index (χ1n) is 8.19. The molecule has 0 aromatic heterocycles. The maximum atomic E-state index is 12.8. The Balaban J connectivity index is 1.96. The molecular weight excluding hydrogens is 380 g/mol. The molecule has 1 heterocycles. The van der Waals surface area contributed by atoms with E-state index in [9.17, 15) is 4.79 Å². The number of benzene rings is 2. The van der Waals surface area contributed by atoms with Crippen LogP contribution in [0.3, 0.4) is 0 Å². The van der Waals surface area contributed by atoms with E-state index in [2.05, 4.69) is 28.0 Å². The van der Waals surface area contributed by atoms with Crippen LogP contribution < -0.4 is 9.75 Å². The molecule has 1 amide bonds. The third kappa shape index (κ3) is 3.82. The summed E-state index contributed by atoms with van der Waals surface area (Å²) in [6.45, 7) is 4.54. The molecule has 2 aromatic rings. The van der Waals surface area contributed by atoms with E-state index in [1.165, 1.54) is 5.01 Å². The number of carbonyl (C=O) groups excluding carboxylic acids is 1. The van der Waals surface area contributed by atoms with Crippen LogP contribution >= 0.6 is 15.9 Å². The number of carbonyl (C=O) groups is 1. The summed E-state index contributed by atoms with van der Waals surface area (Å²) in [5, 5.41) is 5.85. The van der Waals surface area contributed by atoms with E-state index in [4.69, 9.17) is 4.74 Å². The lowest BCUT2D eigenvalue weighted by Gasteiger charge is -2.12. The number of anilines is 1. The topological polar surface area (TPSA) is 41.9 Å². The number of rotatable bonds is 5. The molecule has 1 aliphatic heterocycles. The third-order valence-electron chi connectivity index (χ3n) is 3.80. The third-order valence-corrected chi connectivity index (χ3v) is 4.29. The zero-order valence-electron chi connectivity index (χ0n) is 14.2. The number of ether oxygens (including phenoxy) is 1. The molecule has 4 nitrogen and oxygen atoms in total. The van der Waals surface area contributed by atoms with Gasteiger partial charge in [-0.1, -0.05) is 41.1 Å². The standard InChI is InChI=1S/C20H19BrN2O2/c1-3-11-25-19-10-9-16(21)12-15(19)13-18-14(2)22-23(20(18)24)17-7-5-4-6-8-17/h4-10,12-13H,3,11H2,1-2H3. The first kappa shape index (κ1) is 17.4. The van der Waals surface area contributed by atoms with E-state index in [0.29, 0.717) is 17.9 Å². The molecule has 0 atom stereocenters. The summed E-state index contributed by atoms with van der Waals surface area (Å²) in [6, 6.07) is 15.2. The summed E-state index contributed by atoms with van der Waals surface area (Å²) in [5.41, 5.74) is 2.88. The van der Waals surface area contributed by atoms with Crippen LogP contribution in [-0.2, 0) is 4.79 Å². The van der Waals surface area contributed by atoms with Crippen molar-refractivity contribution in [1.82, 2.24) is 0 Å². The van der Waals surface area contributed by atoms with Gasteiger partial charge in [-0.05, 0) is 49.8 Å². The highest BCUT2D eigenvalue weighted by Gasteiger charge is 2.28. The quantitative estimate of drug-likeness (QED) is 0.661. The summed E-state index contributed by atoms with van der Waals surface area (Å²) in [4.78, 5) is 12.8. The number of amides is 1. The Bertz CT molecular complexity index is 844. The van der Waals surface area contributed by atoms with E-state index in [1.54, 1.807) is 0 Å². The van der Waals surface area contributed by atoms with Crippen LogP contribution in [0.2, 0.25) is 0 Å². The van der Waals surface area contributed by atoms with E-state index in [0.717, 1.165) is 27.9 Å². The van der Waals surface area contributed by atoms with Crippen molar-refractivity contribution < 1.29 is 9.53 Å². The predicted octanol–water partition coefficient (Wildman–Crippen LogP) is 5.04. The molecule has 0 radical (unpaired) electrons. The summed E-state index contributed by atoms with van der Waals surface area (Å²) in [5.74, 6) is 0.626. The fourth-order valence-electron chi connectivity index (χ4n) is 2.56. The number of hydrogen-bond donors (Lipinski definition) is 0. The Morgan fingerprint density at radius 2 is 1.96 bits per heavy atom. The second-order valence-electron chi connectivity index (χ2n) is 5.73. The molecule has 0 aliphatic carbocycles. The van der Waals surface area contributed by atoms with Gasteiger partial charge in [0.1, 0.15) is 5.75 Å². The van der Waals surface area contributed by atoms with Crippen molar-refractivity contribution in [2.45, 2.75) is 20.3 Å². The van der Waals surface area contributed by atoms with Crippen LogP contribution in [0.5, 0.6) is 5.75 Å². The highest BCUT2D eigenvalue weighted by molar-refractivity contribution is 9.10. The van der Waals surface area contributed by atoms with Gasteiger partial charge in [0.15, 0.2) is 0 Å². The van der Waals surface area contributed by atoms with Crippen LogP contribution in [0.1, 0.15) is 25.8 Å². The van der Waals surface area contributed by atoms with Crippen molar-refractivity contribution in [1.29, 1.82) is 0 Å². The van der Waals surface area contributed by atoms with E-state index < -0.39 is 0 Å². The van der Waals surface area contributed by atoms with Gasteiger partial charge in [-0.15, -0.1) is 0 Å². The largest absolute Gasteiger partial charge is 0.493 e. The van der Waals surface area contributed by atoms with Gasteiger partial charge >= 0.3 is 0 Å². The van der Waals surface area contributed by atoms with Crippen molar-refractivity contribution in [3.63, 3.8) is 0 Å². The molecule has 0 saturated carbocycles.